The summed E-state index contributed by atoms with van der Waals surface area (Å²) in [4.78, 5) is 0. The molecule has 0 fully saturated rings. The van der Waals surface area contributed by atoms with E-state index in [1.807, 2.05) is 24.3 Å². The van der Waals surface area contributed by atoms with Crippen molar-refractivity contribution >= 4 is 11.6 Å². The monoisotopic (exact) mass is 181 g/mol. The highest BCUT2D eigenvalue weighted by Crippen LogP contribution is 2.13. The summed E-state index contributed by atoms with van der Waals surface area (Å²) in [5.41, 5.74) is 7.91. The van der Waals surface area contributed by atoms with Crippen LogP contribution in [0.4, 0.5) is 0 Å². The summed E-state index contributed by atoms with van der Waals surface area (Å²) in [6.07, 6.45) is 1.72. The molecule has 1 nitrogen and oxygen atoms in total. The Morgan fingerprint density at radius 3 is 2.42 bits per heavy atom. The molecule has 1 aromatic carbocycles. The number of benzene rings is 1. The van der Waals surface area contributed by atoms with Gasteiger partial charge in [-0.15, -0.1) is 18.2 Å². The Hall–Kier alpha value is -0.790. The third-order valence-corrected chi connectivity index (χ3v) is 2.08. The fourth-order valence-corrected chi connectivity index (χ4v) is 1.14. The molecule has 12 heavy (non-hydrogen) atoms. The van der Waals surface area contributed by atoms with Crippen LogP contribution in [0.5, 0.6) is 0 Å². The van der Waals surface area contributed by atoms with Gasteiger partial charge in [-0.3, -0.25) is 0 Å². The minimum absolute atomic E-state index is 0.0747. The fraction of sp³-hybridized carbons (Fsp3) is 0.200. The number of alkyl halides is 1. The molecular weight excluding hydrogens is 170 g/mol. The zero-order valence-electron chi connectivity index (χ0n) is 6.83. The van der Waals surface area contributed by atoms with Gasteiger partial charge in [-0.1, -0.05) is 30.3 Å². The van der Waals surface area contributed by atoms with Gasteiger partial charge in [-0.2, -0.15) is 0 Å². The number of rotatable bonds is 3. The van der Waals surface area contributed by atoms with Crippen molar-refractivity contribution in [1.82, 2.24) is 0 Å². The van der Waals surface area contributed by atoms with Crippen LogP contribution in [0.3, 0.4) is 0 Å². The van der Waals surface area contributed by atoms with Crippen molar-refractivity contribution in [3.63, 3.8) is 0 Å². The summed E-state index contributed by atoms with van der Waals surface area (Å²) in [6.45, 7) is 3.63. The first-order valence-electron chi connectivity index (χ1n) is 3.81. The molecule has 0 saturated carbocycles. The van der Waals surface area contributed by atoms with Crippen LogP contribution >= 0.6 is 11.6 Å². The van der Waals surface area contributed by atoms with Crippen LogP contribution in [-0.4, -0.2) is 0 Å². The summed E-state index contributed by atoms with van der Waals surface area (Å²) in [6, 6.07) is 7.83. The molecular formula is C10H12ClN. The van der Waals surface area contributed by atoms with Gasteiger partial charge in [-0.05, 0) is 11.1 Å². The predicted octanol–water partition coefficient (Wildman–Crippen LogP) is 2.61. The van der Waals surface area contributed by atoms with Gasteiger partial charge in [-0.25, -0.2) is 0 Å². The first kappa shape index (κ1) is 9.30. The van der Waals surface area contributed by atoms with Crippen LogP contribution in [0.25, 0.3) is 0 Å². The van der Waals surface area contributed by atoms with Crippen molar-refractivity contribution < 1.29 is 0 Å². The Morgan fingerprint density at radius 2 is 2.00 bits per heavy atom. The minimum Gasteiger partial charge on any atom is -0.321 e. The van der Waals surface area contributed by atoms with Crippen LogP contribution in [0.1, 0.15) is 17.2 Å². The highest BCUT2D eigenvalue weighted by molar-refractivity contribution is 6.17. The van der Waals surface area contributed by atoms with Crippen molar-refractivity contribution in [3.05, 3.63) is 48.0 Å². The van der Waals surface area contributed by atoms with E-state index in [1.54, 1.807) is 6.08 Å². The van der Waals surface area contributed by atoms with Gasteiger partial charge in [0.25, 0.3) is 0 Å². The molecule has 0 aromatic heterocycles. The van der Waals surface area contributed by atoms with Crippen LogP contribution in [-0.2, 0) is 5.88 Å². The average molecular weight is 182 g/mol. The number of nitrogens with two attached hydrogens (primary N) is 1. The Balaban J connectivity index is 2.84. The van der Waals surface area contributed by atoms with E-state index in [-0.39, 0.29) is 6.04 Å². The lowest BCUT2D eigenvalue weighted by molar-refractivity contribution is 0.913. The van der Waals surface area contributed by atoms with Gasteiger partial charge in [0.1, 0.15) is 0 Å². The molecule has 0 aliphatic carbocycles. The summed E-state index contributed by atoms with van der Waals surface area (Å²) >= 11 is 5.64. The molecule has 2 N–H and O–H groups in total. The van der Waals surface area contributed by atoms with Crippen LogP contribution in [0.15, 0.2) is 36.9 Å². The highest BCUT2D eigenvalue weighted by atomic mass is 35.5. The van der Waals surface area contributed by atoms with Crippen LogP contribution in [0, 0.1) is 0 Å². The quantitative estimate of drug-likeness (QED) is 0.563. The molecule has 0 bridgehead atoms. The van der Waals surface area contributed by atoms with E-state index in [0.29, 0.717) is 5.88 Å². The fourth-order valence-electron chi connectivity index (χ4n) is 0.965. The maximum atomic E-state index is 5.73. The molecule has 0 aliphatic rings. The lowest BCUT2D eigenvalue weighted by Gasteiger charge is -2.06. The zero-order valence-corrected chi connectivity index (χ0v) is 7.59. The molecule has 1 rings (SSSR count). The molecule has 1 aromatic rings. The summed E-state index contributed by atoms with van der Waals surface area (Å²) in [5, 5.41) is 0. The van der Waals surface area contributed by atoms with E-state index in [4.69, 9.17) is 17.3 Å². The van der Waals surface area contributed by atoms with Crippen molar-refractivity contribution in [2.45, 2.75) is 11.9 Å². The first-order chi connectivity index (χ1) is 5.77. The smallest absolute Gasteiger partial charge is 0.0478 e. The SMILES string of the molecule is C=CC(N)c1ccc(CCl)cc1. The second-order valence-electron chi connectivity index (χ2n) is 2.64. The average Bonchev–Trinajstić information content (AvgIpc) is 2.17. The largest absolute Gasteiger partial charge is 0.321 e. The molecule has 1 atom stereocenters. The highest BCUT2D eigenvalue weighted by Gasteiger charge is 1.99. The standard InChI is InChI=1S/C10H12ClN/c1-2-10(12)9-5-3-8(7-11)4-6-9/h2-6,10H,1,7,12H2. The molecule has 64 valence electrons. The Bertz CT molecular complexity index is 253. The summed E-state index contributed by atoms with van der Waals surface area (Å²) in [5.74, 6) is 0.545. The second kappa shape index (κ2) is 4.29. The van der Waals surface area contributed by atoms with Gasteiger partial charge >= 0.3 is 0 Å². The Labute approximate surface area is 77.8 Å². The van der Waals surface area contributed by atoms with E-state index in [9.17, 15) is 0 Å². The molecule has 1 unspecified atom stereocenters. The third-order valence-electron chi connectivity index (χ3n) is 1.77. The van der Waals surface area contributed by atoms with E-state index >= 15 is 0 Å². The van der Waals surface area contributed by atoms with Gasteiger partial charge in [0.2, 0.25) is 0 Å². The lowest BCUT2D eigenvalue weighted by atomic mass is 10.1. The van der Waals surface area contributed by atoms with Crippen molar-refractivity contribution in [3.8, 4) is 0 Å². The van der Waals surface area contributed by atoms with Gasteiger partial charge in [0.05, 0.1) is 0 Å². The maximum absolute atomic E-state index is 5.73. The second-order valence-corrected chi connectivity index (χ2v) is 2.90. The summed E-state index contributed by atoms with van der Waals surface area (Å²) in [7, 11) is 0. The van der Waals surface area contributed by atoms with Gasteiger partial charge in [0.15, 0.2) is 0 Å². The molecule has 0 amide bonds. The van der Waals surface area contributed by atoms with Crippen molar-refractivity contribution in [1.29, 1.82) is 0 Å². The molecule has 2 heteroatoms. The predicted molar refractivity (Wildman–Crippen MR) is 53.1 cm³/mol. The molecule has 0 heterocycles. The molecule has 0 saturated heterocycles. The van der Waals surface area contributed by atoms with Gasteiger partial charge < -0.3 is 5.73 Å². The number of halogens is 1. The van der Waals surface area contributed by atoms with E-state index < -0.39 is 0 Å². The first-order valence-corrected chi connectivity index (χ1v) is 4.34. The lowest BCUT2D eigenvalue weighted by Crippen LogP contribution is -2.05. The topological polar surface area (TPSA) is 26.0 Å². The Kier molecular flexibility index (Phi) is 3.32. The summed E-state index contributed by atoms with van der Waals surface area (Å²) < 4.78 is 0. The van der Waals surface area contributed by atoms with Gasteiger partial charge in [0, 0.05) is 11.9 Å². The number of hydrogen-bond acceptors (Lipinski definition) is 1. The Morgan fingerprint density at radius 1 is 1.42 bits per heavy atom. The van der Waals surface area contributed by atoms with Crippen LogP contribution in [0.2, 0.25) is 0 Å². The molecule has 0 radical (unpaired) electrons. The van der Waals surface area contributed by atoms with E-state index in [1.165, 1.54) is 0 Å². The molecule has 0 spiro atoms. The van der Waals surface area contributed by atoms with E-state index in [0.717, 1.165) is 11.1 Å². The molecule has 0 aliphatic heterocycles. The zero-order chi connectivity index (χ0) is 8.97. The van der Waals surface area contributed by atoms with Crippen molar-refractivity contribution in [2.24, 2.45) is 5.73 Å². The minimum atomic E-state index is -0.0747. The third kappa shape index (κ3) is 2.10. The van der Waals surface area contributed by atoms with E-state index in [2.05, 4.69) is 6.58 Å². The van der Waals surface area contributed by atoms with Crippen molar-refractivity contribution in [2.75, 3.05) is 0 Å². The maximum Gasteiger partial charge on any atom is 0.0478 e. The normalized spacial score (nSPS) is 12.5. The number of hydrogen-bond donors (Lipinski definition) is 1. The van der Waals surface area contributed by atoms with Crippen LogP contribution < -0.4 is 5.73 Å².